The van der Waals surface area contributed by atoms with E-state index in [0.717, 1.165) is 6.42 Å². The van der Waals surface area contributed by atoms with Gasteiger partial charge in [0.25, 0.3) is 17.4 Å². The fourth-order valence-electron chi connectivity index (χ4n) is 4.91. The molecule has 0 aliphatic carbocycles. The summed E-state index contributed by atoms with van der Waals surface area (Å²) in [7, 11) is 1.65. The number of benzene rings is 1. The molecule has 1 aromatic carbocycles. The maximum atomic E-state index is 13.3. The molecular formula is C25H31N5O5. The van der Waals surface area contributed by atoms with Crippen LogP contribution in [-0.4, -0.2) is 77.6 Å². The molecule has 0 unspecified atom stereocenters. The first-order valence-electron chi connectivity index (χ1n) is 12.0. The van der Waals surface area contributed by atoms with E-state index in [-0.39, 0.29) is 42.1 Å². The zero-order valence-corrected chi connectivity index (χ0v) is 19.9. The van der Waals surface area contributed by atoms with Gasteiger partial charge in [-0.3, -0.25) is 19.2 Å². The number of fused-ring (bicyclic) bond motifs is 9. The van der Waals surface area contributed by atoms with Crippen LogP contribution in [0.5, 0.6) is 5.75 Å². The average molecular weight is 482 g/mol. The number of piperidine rings is 1. The maximum Gasteiger partial charge on any atom is 0.274 e. The number of ether oxygens (including phenoxy) is 1. The van der Waals surface area contributed by atoms with Gasteiger partial charge in [-0.15, -0.1) is 0 Å². The van der Waals surface area contributed by atoms with E-state index in [4.69, 9.17) is 4.74 Å². The van der Waals surface area contributed by atoms with Crippen molar-refractivity contribution in [3.05, 3.63) is 58.0 Å². The molecule has 3 amide bonds. The van der Waals surface area contributed by atoms with E-state index >= 15 is 0 Å². The molecule has 0 saturated carbocycles. The van der Waals surface area contributed by atoms with Crippen molar-refractivity contribution in [2.75, 3.05) is 39.8 Å². The minimum Gasteiger partial charge on any atom is -0.491 e. The summed E-state index contributed by atoms with van der Waals surface area (Å²) < 4.78 is 5.97. The van der Waals surface area contributed by atoms with Gasteiger partial charge in [-0.2, -0.15) is 5.10 Å². The highest BCUT2D eigenvalue weighted by molar-refractivity contribution is 5.97. The van der Waals surface area contributed by atoms with Crippen LogP contribution < -0.4 is 15.6 Å². The summed E-state index contributed by atoms with van der Waals surface area (Å²) in [6.45, 7) is 1.94. The Labute approximate surface area is 203 Å². The fraction of sp³-hybridized carbons (Fsp3) is 0.480. The van der Waals surface area contributed by atoms with Crippen molar-refractivity contribution in [2.45, 2.75) is 32.1 Å². The molecule has 0 spiro atoms. The van der Waals surface area contributed by atoms with Crippen LogP contribution in [0.25, 0.3) is 0 Å². The van der Waals surface area contributed by atoms with Crippen LogP contribution in [0, 0.1) is 5.41 Å². The van der Waals surface area contributed by atoms with Crippen molar-refractivity contribution in [3.8, 4) is 5.75 Å². The van der Waals surface area contributed by atoms with Crippen LogP contribution in [-0.2, 0) is 4.79 Å². The molecule has 2 N–H and O–H groups in total. The first-order valence-corrected chi connectivity index (χ1v) is 12.0. The largest absolute Gasteiger partial charge is 0.491 e. The minimum atomic E-state index is -0.531. The molecule has 5 rings (SSSR count). The van der Waals surface area contributed by atoms with Gasteiger partial charge in [0.1, 0.15) is 18.1 Å². The van der Waals surface area contributed by atoms with Gasteiger partial charge in [-0.25, -0.2) is 5.10 Å². The zero-order chi connectivity index (χ0) is 24.8. The van der Waals surface area contributed by atoms with E-state index in [1.807, 2.05) is 0 Å². The summed E-state index contributed by atoms with van der Waals surface area (Å²) in [4.78, 5) is 54.1. The van der Waals surface area contributed by atoms with Gasteiger partial charge in [-0.05, 0) is 43.9 Å². The number of carbonyl (C=O) groups excluding carboxylic acids is 3. The molecule has 3 aliphatic heterocycles. The van der Waals surface area contributed by atoms with E-state index in [9.17, 15) is 19.2 Å². The molecule has 186 valence electrons. The average Bonchev–Trinajstić information content (AvgIpc) is 2.90. The molecule has 2 bridgehead atoms. The van der Waals surface area contributed by atoms with E-state index in [2.05, 4.69) is 15.5 Å². The molecule has 1 aromatic heterocycles. The van der Waals surface area contributed by atoms with E-state index in [0.29, 0.717) is 56.6 Å². The van der Waals surface area contributed by atoms with Crippen molar-refractivity contribution < 1.29 is 19.1 Å². The van der Waals surface area contributed by atoms with Crippen molar-refractivity contribution in [2.24, 2.45) is 5.41 Å². The number of nitrogens with zero attached hydrogens (tertiary/aromatic N) is 3. The van der Waals surface area contributed by atoms with Gasteiger partial charge in [0.15, 0.2) is 0 Å². The van der Waals surface area contributed by atoms with Gasteiger partial charge >= 0.3 is 0 Å². The van der Waals surface area contributed by atoms with Gasteiger partial charge in [0, 0.05) is 32.7 Å². The molecule has 10 nitrogen and oxygen atoms in total. The molecule has 2 aromatic rings. The Kier molecular flexibility index (Phi) is 7.48. The lowest BCUT2D eigenvalue weighted by molar-refractivity contribution is -0.133. The van der Waals surface area contributed by atoms with Gasteiger partial charge in [0.2, 0.25) is 5.91 Å². The van der Waals surface area contributed by atoms with Crippen molar-refractivity contribution >= 4 is 17.7 Å². The first kappa shape index (κ1) is 24.4. The maximum absolute atomic E-state index is 13.3. The molecule has 1 fully saturated rings. The number of H-pyrrole nitrogens is 1. The quantitative estimate of drug-likeness (QED) is 0.669. The van der Waals surface area contributed by atoms with Crippen molar-refractivity contribution in [1.29, 1.82) is 0 Å². The number of para-hydroxylation sites is 1. The Hall–Kier alpha value is -3.69. The predicted molar refractivity (Wildman–Crippen MR) is 128 cm³/mol. The minimum absolute atomic E-state index is 0.00280. The summed E-state index contributed by atoms with van der Waals surface area (Å²) in [5, 5.41) is 8.98. The lowest BCUT2D eigenvalue weighted by Crippen LogP contribution is -2.49. The van der Waals surface area contributed by atoms with Gasteiger partial charge in [0.05, 0.1) is 17.5 Å². The Balaban J connectivity index is 1.60. The van der Waals surface area contributed by atoms with Crippen LogP contribution in [0.2, 0.25) is 0 Å². The molecule has 0 atom stereocenters. The highest BCUT2D eigenvalue weighted by Crippen LogP contribution is 2.38. The van der Waals surface area contributed by atoms with Gasteiger partial charge < -0.3 is 19.9 Å². The second kappa shape index (κ2) is 10.7. The van der Waals surface area contributed by atoms with Crippen molar-refractivity contribution in [3.63, 3.8) is 0 Å². The smallest absolute Gasteiger partial charge is 0.274 e. The summed E-state index contributed by atoms with van der Waals surface area (Å²) in [6.07, 6.45) is 3.32. The Morgan fingerprint density at radius 1 is 1.00 bits per heavy atom. The molecule has 3 aliphatic rings. The monoisotopic (exact) mass is 481 g/mol. The molecule has 0 radical (unpaired) electrons. The fourth-order valence-corrected chi connectivity index (χ4v) is 4.91. The summed E-state index contributed by atoms with van der Waals surface area (Å²) in [5.74, 6) is 0.0334. The molecule has 35 heavy (non-hydrogen) atoms. The zero-order valence-electron chi connectivity index (χ0n) is 19.9. The standard InChI is InChI=1S/C25H31N5O5/c1-26-24(34)25-10-4-5-13-29(23(33)19-8-9-21(31)28-27-19)16-17-35-20-7-3-2-6-18(20)22(32)30(14-11-25)15-12-25/h2-3,6-9H,4-5,10-17H2,1H3,(H,26,34)(H,28,31). The lowest BCUT2D eigenvalue weighted by Gasteiger charge is -2.40. The normalized spacial score (nSPS) is 18.6. The number of hydrogen-bond acceptors (Lipinski definition) is 6. The Bertz CT molecular complexity index is 1120. The second-order valence-electron chi connectivity index (χ2n) is 9.05. The predicted octanol–water partition coefficient (Wildman–Crippen LogP) is 1.44. The number of carbonyl (C=O) groups is 3. The van der Waals surface area contributed by atoms with Crippen LogP contribution in [0.15, 0.2) is 41.2 Å². The highest BCUT2D eigenvalue weighted by atomic mass is 16.5. The second-order valence-corrected chi connectivity index (χ2v) is 9.05. The molecule has 10 heteroatoms. The lowest BCUT2D eigenvalue weighted by atomic mass is 9.73. The van der Waals surface area contributed by atoms with E-state index in [1.165, 1.54) is 12.1 Å². The van der Waals surface area contributed by atoms with Crippen LogP contribution in [0.1, 0.15) is 53.0 Å². The number of hydrogen-bond donors (Lipinski definition) is 2. The Morgan fingerprint density at radius 3 is 2.49 bits per heavy atom. The summed E-state index contributed by atoms with van der Waals surface area (Å²) in [5.41, 5.74) is -0.300. The third-order valence-corrected chi connectivity index (χ3v) is 6.97. The van der Waals surface area contributed by atoms with E-state index in [1.54, 1.807) is 41.1 Å². The SMILES string of the molecule is CNC(=O)C12CCCCN(C(=O)c3ccc(=O)[nH]n3)CCOc3ccccc3C(=O)N(CC1)CC2. The van der Waals surface area contributed by atoms with Crippen LogP contribution in [0.3, 0.4) is 0 Å². The highest BCUT2D eigenvalue weighted by Gasteiger charge is 2.41. The number of aromatic nitrogens is 2. The van der Waals surface area contributed by atoms with E-state index < -0.39 is 5.41 Å². The molecule has 1 saturated heterocycles. The molecule has 4 heterocycles. The number of nitrogens with one attached hydrogen (secondary N) is 2. The summed E-state index contributed by atoms with van der Waals surface area (Å²) >= 11 is 0. The third kappa shape index (κ3) is 5.36. The van der Waals surface area contributed by atoms with Gasteiger partial charge in [-0.1, -0.05) is 18.6 Å². The van der Waals surface area contributed by atoms with Crippen molar-refractivity contribution in [1.82, 2.24) is 25.3 Å². The number of amides is 3. The summed E-state index contributed by atoms with van der Waals surface area (Å²) in [6, 6.07) is 9.76. The Morgan fingerprint density at radius 2 is 1.77 bits per heavy atom. The van der Waals surface area contributed by atoms with Crippen LogP contribution in [0.4, 0.5) is 0 Å². The number of aromatic amines is 1. The molecular weight excluding hydrogens is 450 g/mol. The number of rotatable bonds is 2. The first-order chi connectivity index (χ1) is 16.9. The third-order valence-electron chi connectivity index (χ3n) is 6.97. The van der Waals surface area contributed by atoms with Crippen LogP contribution >= 0.6 is 0 Å². The topological polar surface area (TPSA) is 125 Å².